The van der Waals surface area contributed by atoms with Gasteiger partial charge in [-0.25, -0.2) is 4.98 Å². The second-order valence-corrected chi connectivity index (χ2v) is 5.69. The van der Waals surface area contributed by atoms with Gasteiger partial charge >= 0.3 is 0 Å². The molecule has 0 saturated carbocycles. The first-order valence-corrected chi connectivity index (χ1v) is 7.90. The summed E-state index contributed by atoms with van der Waals surface area (Å²) < 4.78 is 0. The van der Waals surface area contributed by atoms with Gasteiger partial charge in [-0.3, -0.25) is 9.97 Å². The van der Waals surface area contributed by atoms with Crippen molar-refractivity contribution in [3.8, 4) is 11.4 Å². The van der Waals surface area contributed by atoms with Crippen LogP contribution in [0.25, 0.3) is 11.4 Å². The van der Waals surface area contributed by atoms with Gasteiger partial charge in [-0.2, -0.15) is 4.98 Å². The molecular formula is C18H20N6. The van der Waals surface area contributed by atoms with Crippen molar-refractivity contribution < 1.29 is 0 Å². The van der Waals surface area contributed by atoms with Crippen LogP contribution < -0.4 is 10.6 Å². The summed E-state index contributed by atoms with van der Waals surface area (Å²) in [6.07, 6.45) is 5.36. The molecule has 0 aliphatic rings. The first-order valence-electron chi connectivity index (χ1n) is 7.90. The van der Waals surface area contributed by atoms with E-state index in [2.05, 4.69) is 44.4 Å². The summed E-state index contributed by atoms with van der Waals surface area (Å²) in [5, 5.41) is 6.58. The maximum atomic E-state index is 4.56. The Labute approximate surface area is 141 Å². The molecule has 24 heavy (non-hydrogen) atoms. The van der Waals surface area contributed by atoms with Gasteiger partial charge < -0.3 is 10.6 Å². The van der Waals surface area contributed by atoms with Crippen LogP contribution in [0.3, 0.4) is 0 Å². The maximum absolute atomic E-state index is 4.56. The zero-order valence-corrected chi connectivity index (χ0v) is 13.8. The lowest BCUT2D eigenvalue weighted by Crippen LogP contribution is -2.14. The van der Waals surface area contributed by atoms with Gasteiger partial charge in [0.2, 0.25) is 5.95 Å². The van der Waals surface area contributed by atoms with E-state index in [0.29, 0.717) is 12.5 Å². The Balaban J connectivity index is 1.87. The van der Waals surface area contributed by atoms with Crippen LogP contribution in [0.15, 0.2) is 55.0 Å². The molecule has 0 aliphatic heterocycles. The molecule has 0 fully saturated rings. The molecular weight excluding hydrogens is 300 g/mol. The second kappa shape index (κ2) is 7.50. The summed E-state index contributed by atoms with van der Waals surface area (Å²) in [6.45, 7) is 4.76. The van der Waals surface area contributed by atoms with Gasteiger partial charge in [0.25, 0.3) is 0 Å². The van der Waals surface area contributed by atoms with Crippen LogP contribution in [0.5, 0.6) is 0 Å². The van der Waals surface area contributed by atoms with E-state index in [1.54, 1.807) is 12.4 Å². The molecule has 3 rings (SSSR count). The van der Waals surface area contributed by atoms with Gasteiger partial charge in [0.15, 0.2) is 0 Å². The third kappa shape index (κ3) is 4.25. The Kier molecular flexibility index (Phi) is 4.96. The highest BCUT2D eigenvalue weighted by atomic mass is 15.2. The molecule has 3 aromatic heterocycles. The lowest BCUT2D eigenvalue weighted by Gasteiger charge is -2.12. The zero-order valence-electron chi connectivity index (χ0n) is 13.8. The van der Waals surface area contributed by atoms with Gasteiger partial charge in [0.05, 0.1) is 11.4 Å². The normalized spacial score (nSPS) is 10.6. The largest absolute Gasteiger partial charge is 0.366 e. The fourth-order valence-electron chi connectivity index (χ4n) is 2.20. The number of hydrogen-bond donors (Lipinski definition) is 2. The summed E-state index contributed by atoms with van der Waals surface area (Å²) in [7, 11) is 0. The summed E-state index contributed by atoms with van der Waals surface area (Å²) in [5.41, 5.74) is 2.69. The van der Waals surface area contributed by atoms with Crippen molar-refractivity contribution in [1.82, 2.24) is 19.9 Å². The van der Waals surface area contributed by atoms with Crippen LogP contribution in [0.2, 0.25) is 0 Å². The van der Waals surface area contributed by atoms with Crippen LogP contribution in [-0.4, -0.2) is 26.0 Å². The maximum Gasteiger partial charge on any atom is 0.225 e. The monoisotopic (exact) mass is 320 g/mol. The number of pyridine rings is 2. The van der Waals surface area contributed by atoms with E-state index in [-0.39, 0.29) is 6.04 Å². The first-order chi connectivity index (χ1) is 11.7. The van der Waals surface area contributed by atoms with Crippen LogP contribution in [0.4, 0.5) is 11.8 Å². The molecule has 0 atom stereocenters. The molecule has 6 nitrogen and oxygen atoms in total. The van der Waals surface area contributed by atoms with Gasteiger partial charge in [-0.1, -0.05) is 12.1 Å². The summed E-state index contributed by atoms with van der Waals surface area (Å²) in [4.78, 5) is 17.6. The molecule has 0 spiro atoms. The Morgan fingerprint density at radius 2 is 1.92 bits per heavy atom. The SMILES string of the molecule is CC(C)Nc1nc(NCc2cccnc2)cc(-c2ccccn2)n1. The van der Waals surface area contributed by atoms with E-state index >= 15 is 0 Å². The summed E-state index contributed by atoms with van der Waals surface area (Å²) in [5.74, 6) is 1.33. The predicted molar refractivity (Wildman–Crippen MR) is 95.6 cm³/mol. The number of nitrogens with one attached hydrogen (secondary N) is 2. The van der Waals surface area contributed by atoms with Crippen molar-refractivity contribution in [1.29, 1.82) is 0 Å². The number of aromatic nitrogens is 4. The fraction of sp³-hybridized carbons (Fsp3) is 0.222. The highest BCUT2D eigenvalue weighted by Crippen LogP contribution is 2.20. The van der Waals surface area contributed by atoms with Crippen molar-refractivity contribution in [3.05, 3.63) is 60.6 Å². The molecule has 0 unspecified atom stereocenters. The number of anilines is 2. The smallest absolute Gasteiger partial charge is 0.225 e. The molecule has 0 radical (unpaired) electrons. The molecule has 3 aromatic rings. The van der Waals surface area contributed by atoms with Crippen molar-refractivity contribution in [2.75, 3.05) is 10.6 Å². The van der Waals surface area contributed by atoms with Crippen LogP contribution in [0.1, 0.15) is 19.4 Å². The highest BCUT2D eigenvalue weighted by molar-refractivity contribution is 5.61. The van der Waals surface area contributed by atoms with Crippen LogP contribution >= 0.6 is 0 Å². The topological polar surface area (TPSA) is 75.6 Å². The Bertz CT molecular complexity index is 774. The molecule has 0 aliphatic carbocycles. The average molecular weight is 320 g/mol. The Hall–Kier alpha value is -3.02. The highest BCUT2D eigenvalue weighted by Gasteiger charge is 2.08. The molecule has 0 bridgehead atoms. The lowest BCUT2D eigenvalue weighted by molar-refractivity contribution is 0.874. The standard InChI is InChI=1S/C18H20N6/c1-13(2)22-18-23-16(15-7-3-4-9-20-15)10-17(24-18)21-12-14-6-5-8-19-11-14/h3-11,13H,12H2,1-2H3,(H2,21,22,23,24). The second-order valence-electron chi connectivity index (χ2n) is 5.69. The fourth-order valence-corrected chi connectivity index (χ4v) is 2.20. The predicted octanol–water partition coefficient (Wildman–Crippen LogP) is 3.37. The van der Waals surface area contributed by atoms with E-state index in [1.807, 2.05) is 42.6 Å². The minimum absolute atomic E-state index is 0.246. The molecule has 0 saturated heterocycles. The minimum atomic E-state index is 0.246. The van der Waals surface area contributed by atoms with E-state index in [1.165, 1.54) is 0 Å². The first kappa shape index (κ1) is 15.9. The van der Waals surface area contributed by atoms with Crippen molar-refractivity contribution in [3.63, 3.8) is 0 Å². The van der Waals surface area contributed by atoms with Crippen molar-refractivity contribution in [2.45, 2.75) is 26.4 Å². The van der Waals surface area contributed by atoms with Crippen LogP contribution in [-0.2, 0) is 6.54 Å². The minimum Gasteiger partial charge on any atom is -0.366 e. The van der Waals surface area contributed by atoms with E-state index in [4.69, 9.17) is 0 Å². The third-order valence-corrected chi connectivity index (χ3v) is 3.27. The molecule has 122 valence electrons. The number of rotatable bonds is 6. The van der Waals surface area contributed by atoms with Gasteiger partial charge in [0.1, 0.15) is 5.82 Å². The van der Waals surface area contributed by atoms with Crippen molar-refractivity contribution in [2.24, 2.45) is 0 Å². The Morgan fingerprint density at radius 3 is 2.62 bits per heavy atom. The van der Waals surface area contributed by atoms with E-state index < -0.39 is 0 Å². The van der Waals surface area contributed by atoms with Gasteiger partial charge in [0, 0.05) is 37.2 Å². The van der Waals surface area contributed by atoms with Gasteiger partial charge in [-0.05, 0) is 37.6 Å². The van der Waals surface area contributed by atoms with E-state index in [9.17, 15) is 0 Å². The average Bonchev–Trinajstić information content (AvgIpc) is 2.61. The molecule has 6 heteroatoms. The quantitative estimate of drug-likeness (QED) is 0.725. The molecule has 0 amide bonds. The van der Waals surface area contributed by atoms with E-state index in [0.717, 1.165) is 22.8 Å². The summed E-state index contributed by atoms with van der Waals surface area (Å²) >= 11 is 0. The van der Waals surface area contributed by atoms with Gasteiger partial charge in [-0.15, -0.1) is 0 Å². The molecule has 2 N–H and O–H groups in total. The third-order valence-electron chi connectivity index (χ3n) is 3.27. The van der Waals surface area contributed by atoms with Crippen molar-refractivity contribution >= 4 is 11.8 Å². The molecule has 0 aromatic carbocycles. The number of hydrogen-bond acceptors (Lipinski definition) is 6. The Morgan fingerprint density at radius 1 is 1.00 bits per heavy atom. The zero-order chi connectivity index (χ0) is 16.8. The number of nitrogens with zero attached hydrogens (tertiary/aromatic N) is 4. The molecule has 3 heterocycles. The van der Waals surface area contributed by atoms with Crippen LogP contribution in [0, 0.1) is 0 Å². The lowest BCUT2D eigenvalue weighted by atomic mass is 10.2. The summed E-state index contributed by atoms with van der Waals surface area (Å²) in [6, 6.07) is 11.9.